The largest absolute Gasteiger partial charge is 0.439 e. The predicted molar refractivity (Wildman–Crippen MR) is 118 cm³/mol. The molecule has 1 saturated heterocycles. The molecule has 0 saturated carbocycles. The Bertz CT molecular complexity index is 1060. The highest BCUT2D eigenvalue weighted by Crippen LogP contribution is 2.26. The normalized spacial score (nSPS) is 16.4. The summed E-state index contributed by atoms with van der Waals surface area (Å²) in [6.45, 7) is 3.88. The third-order valence-electron chi connectivity index (χ3n) is 4.96. The molecule has 0 aliphatic carbocycles. The van der Waals surface area contributed by atoms with Crippen LogP contribution in [0.5, 0.6) is 11.6 Å². The van der Waals surface area contributed by atoms with Crippen LogP contribution in [0.3, 0.4) is 0 Å². The molecule has 2 heterocycles. The van der Waals surface area contributed by atoms with Crippen LogP contribution in [0.2, 0.25) is 10.0 Å². The second-order valence-electron chi connectivity index (χ2n) is 7.05. The molecular weight excluding hydrogens is 423 g/mol. The van der Waals surface area contributed by atoms with E-state index < -0.39 is 0 Å². The van der Waals surface area contributed by atoms with E-state index in [0.29, 0.717) is 46.9 Å². The standard InChI is InChI=1S/C22H20Cl2N4O2/c1-15-13-27(9-10-28(15)22(29)18-7-2-3-8-19(18)24)20-12-21(26-14-25-20)30-17-6-4-5-16(23)11-17/h2-8,11-12,14-15H,9-10,13H2,1H3. The number of hydrogen-bond donors (Lipinski definition) is 0. The number of amides is 1. The van der Waals surface area contributed by atoms with Gasteiger partial charge in [0, 0.05) is 36.8 Å². The average molecular weight is 443 g/mol. The van der Waals surface area contributed by atoms with Gasteiger partial charge < -0.3 is 14.5 Å². The molecule has 1 aliphatic rings. The second kappa shape index (κ2) is 8.90. The fraction of sp³-hybridized carbons (Fsp3) is 0.227. The smallest absolute Gasteiger partial charge is 0.255 e. The zero-order valence-electron chi connectivity index (χ0n) is 16.3. The Balaban J connectivity index is 1.45. The number of carbonyl (C=O) groups excluding carboxylic acids is 1. The molecular formula is C22H20Cl2N4O2. The van der Waals surface area contributed by atoms with Crippen LogP contribution in [-0.4, -0.2) is 46.5 Å². The summed E-state index contributed by atoms with van der Waals surface area (Å²) >= 11 is 12.2. The molecule has 1 atom stereocenters. The Morgan fingerprint density at radius 2 is 1.90 bits per heavy atom. The number of nitrogens with zero attached hydrogens (tertiary/aromatic N) is 4. The summed E-state index contributed by atoms with van der Waals surface area (Å²) in [5, 5.41) is 1.06. The van der Waals surface area contributed by atoms with E-state index in [1.54, 1.807) is 30.3 Å². The Hall–Kier alpha value is -2.83. The van der Waals surface area contributed by atoms with E-state index in [4.69, 9.17) is 27.9 Å². The highest BCUT2D eigenvalue weighted by atomic mass is 35.5. The van der Waals surface area contributed by atoms with Crippen molar-refractivity contribution in [2.75, 3.05) is 24.5 Å². The van der Waals surface area contributed by atoms with Crippen molar-refractivity contribution in [3.8, 4) is 11.6 Å². The maximum atomic E-state index is 12.9. The van der Waals surface area contributed by atoms with E-state index in [9.17, 15) is 4.79 Å². The minimum atomic E-state index is -0.0552. The Labute approximate surface area is 185 Å². The number of rotatable bonds is 4. The Kier molecular flexibility index (Phi) is 6.06. The number of hydrogen-bond acceptors (Lipinski definition) is 5. The fourth-order valence-corrected chi connectivity index (χ4v) is 3.86. The van der Waals surface area contributed by atoms with Crippen molar-refractivity contribution in [3.05, 3.63) is 76.5 Å². The van der Waals surface area contributed by atoms with Crippen LogP contribution >= 0.6 is 23.2 Å². The highest BCUT2D eigenvalue weighted by molar-refractivity contribution is 6.33. The van der Waals surface area contributed by atoms with Gasteiger partial charge in [0.15, 0.2) is 0 Å². The van der Waals surface area contributed by atoms with Gasteiger partial charge in [-0.05, 0) is 37.3 Å². The van der Waals surface area contributed by atoms with Crippen molar-refractivity contribution >= 4 is 34.9 Å². The summed E-state index contributed by atoms with van der Waals surface area (Å²) < 4.78 is 5.81. The molecule has 154 valence electrons. The Morgan fingerprint density at radius 3 is 2.67 bits per heavy atom. The molecule has 1 aliphatic heterocycles. The molecule has 1 amide bonds. The molecule has 1 unspecified atom stereocenters. The molecule has 3 aromatic rings. The first kappa shape index (κ1) is 20.4. The third kappa shape index (κ3) is 4.50. The van der Waals surface area contributed by atoms with E-state index in [2.05, 4.69) is 14.9 Å². The van der Waals surface area contributed by atoms with Gasteiger partial charge >= 0.3 is 0 Å². The van der Waals surface area contributed by atoms with Crippen LogP contribution in [0.1, 0.15) is 17.3 Å². The monoisotopic (exact) mass is 442 g/mol. The number of halogens is 2. The predicted octanol–water partition coefficient (Wildman–Crippen LogP) is 4.93. The van der Waals surface area contributed by atoms with Crippen LogP contribution in [-0.2, 0) is 0 Å². The lowest BCUT2D eigenvalue weighted by Crippen LogP contribution is -2.54. The third-order valence-corrected chi connectivity index (χ3v) is 5.53. The highest BCUT2D eigenvalue weighted by Gasteiger charge is 2.29. The number of benzene rings is 2. The summed E-state index contributed by atoms with van der Waals surface area (Å²) in [7, 11) is 0. The Morgan fingerprint density at radius 1 is 1.07 bits per heavy atom. The quantitative estimate of drug-likeness (QED) is 0.573. The van der Waals surface area contributed by atoms with Gasteiger partial charge in [0.2, 0.25) is 5.88 Å². The summed E-state index contributed by atoms with van der Waals surface area (Å²) in [6.07, 6.45) is 1.47. The molecule has 6 nitrogen and oxygen atoms in total. The van der Waals surface area contributed by atoms with Gasteiger partial charge in [-0.15, -0.1) is 0 Å². The van der Waals surface area contributed by atoms with Gasteiger partial charge in [0.1, 0.15) is 17.9 Å². The van der Waals surface area contributed by atoms with Gasteiger partial charge in [-0.2, -0.15) is 0 Å². The van der Waals surface area contributed by atoms with Crippen LogP contribution in [0.4, 0.5) is 5.82 Å². The second-order valence-corrected chi connectivity index (χ2v) is 7.89. The number of carbonyl (C=O) groups is 1. The van der Waals surface area contributed by atoms with E-state index in [0.717, 1.165) is 5.82 Å². The van der Waals surface area contributed by atoms with Gasteiger partial charge in [0.05, 0.1) is 10.6 Å². The van der Waals surface area contributed by atoms with Crippen molar-refractivity contribution in [1.82, 2.24) is 14.9 Å². The minimum Gasteiger partial charge on any atom is -0.439 e. The first-order valence-electron chi connectivity index (χ1n) is 9.57. The summed E-state index contributed by atoms with van der Waals surface area (Å²) in [5.74, 6) is 1.74. The average Bonchev–Trinajstić information content (AvgIpc) is 2.74. The first-order valence-corrected chi connectivity index (χ1v) is 10.3. The fourth-order valence-electron chi connectivity index (χ4n) is 3.47. The maximum Gasteiger partial charge on any atom is 0.255 e. The molecule has 1 aromatic heterocycles. The first-order chi connectivity index (χ1) is 14.5. The summed E-state index contributed by atoms with van der Waals surface area (Å²) in [6, 6.07) is 16.1. The van der Waals surface area contributed by atoms with E-state index in [1.807, 2.05) is 36.1 Å². The van der Waals surface area contributed by atoms with Crippen molar-refractivity contribution in [3.63, 3.8) is 0 Å². The van der Waals surface area contributed by atoms with Gasteiger partial charge in [-0.1, -0.05) is 41.4 Å². The molecule has 1 fully saturated rings. The van der Waals surface area contributed by atoms with Crippen LogP contribution in [0.25, 0.3) is 0 Å². The lowest BCUT2D eigenvalue weighted by atomic mass is 10.1. The molecule has 0 N–H and O–H groups in total. The van der Waals surface area contributed by atoms with E-state index in [1.165, 1.54) is 6.33 Å². The number of ether oxygens (including phenoxy) is 1. The molecule has 0 spiro atoms. The summed E-state index contributed by atoms with van der Waals surface area (Å²) in [5.41, 5.74) is 0.527. The maximum absolute atomic E-state index is 12.9. The summed E-state index contributed by atoms with van der Waals surface area (Å²) in [4.78, 5) is 25.5. The lowest BCUT2D eigenvalue weighted by Gasteiger charge is -2.40. The van der Waals surface area contributed by atoms with Crippen molar-refractivity contribution < 1.29 is 9.53 Å². The SMILES string of the molecule is CC1CN(c2cc(Oc3cccc(Cl)c3)ncn2)CCN1C(=O)c1ccccc1Cl. The zero-order chi connectivity index (χ0) is 21.1. The number of anilines is 1. The zero-order valence-corrected chi connectivity index (χ0v) is 17.8. The van der Waals surface area contributed by atoms with Crippen molar-refractivity contribution in [2.45, 2.75) is 13.0 Å². The van der Waals surface area contributed by atoms with E-state index >= 15 is 0 Å². The molecule has 4 rings (SSSR count). The minimum absolute atomic E-state index is 0.00483. The number of piperazine rings is 1. The van der Waals surface area contributed by atoms with Gasteiger partial charge in [-0.3, -0.25) is 4.79 Å². The van der Waals surface area contributed by atoms with Crippen molar-refractivity contribution in [2.24, 2.45) is 0 Å². The van der Waals surface area contributed by atoms with Gasteiger partial charge in [-0.25, -0.2) is 9.97 Å². The van der Waals surface area contributed by atoms with Crippen LogP contribution in [0.15, 0.2) is 60.9 Å². The van der Waals surface area contributed by atoms with Gasteiger partial charge in [0.25, 0.3) is 5.91 Å². The lowest BCUT2D eigenvalue weighted by molar-refractivity contribution is 0.0674. The molecule has 2 aromatic carbocycles. The molecule has 0 radical (unpaired) electrons. The number of aromatic nitrogens is 2. The molecule has 30 heavy (non-hydrogen) atoms. The van der Waals surface area contributed by atoms with Crippen LogP contribution in [0, 0.1) is 0 Å². The van der Waals surface area contributed by atoms with E-state index in [-0.39, 0.29) is 11.9 Å². The molecule has 0 bridgehead atoms. The molecule has 8 heteroatoms. The topological polar surface area (TPSA) is 58.6 Å². The van der Waals surface area contributed by atoms with Crippen LogP contribution < -0.4 is 9.64 Å². The van der Waals surface area contributed by atoms with Crippen molar-refractivity contribution in [1.29, 1.82) is 0 Å².